The Hall–Kier alpha value is -1.88. The third-order valence-electron chi connectivity index (χ3n) is 3.68. The van der Waals surface area contributed by atoms with Gasteiger partial charge in [0.15, 0.2) is 0 Å². The van der Waals surface area contributed by atoms with Gasteiger partial charge in [0.25, 0.3) is 0 Å². The number of hydrogen-bond acceptors (Lipinski definition) is 3. The van der Waals surface area contributed by atoms with Gasteiger partial charge in [-0.2, -0.15) is 0 Å². The number of benzene rings is 1. The maximum Gasteiger partial charge on any atom is 0.308 e. The van der Waals surface area contributed by atoms with Gasteiger partial charge in [0, 0.05) is 25.2 Å². The molecule has 2 atom stereocenters. The lowest BCUT2D eigenvalue weighted by molar-refractivity contribution is -0.142. The number of carbonyl (C=O) groups excluding carboxylic acids is 1. The van der Waals surface area contributed by atoms with Crippen LogP contribution in [-0.4, -0.2) is 35.0 Å². The summed E-state index contributed by atoms with van der Waals surface area (Å²) in [4.78, 5) is 24.5. The van der Waals surface area contributed by atoms with Crippen molar-refractivity contribution in [1.82, 2.24) is 4.90 Å². The van der Waals surface area contributed by atoms with E-state index in [1.165, 1.54) is 0 Å². The van der Waals surface area contributed by atoms with E-state index in [9.17, 15) is 9.59 Å². The van der Waals surface area contributed by atoms with Gasteiger partial charge in [-0.05, 0) is 17.5 Å². The van der Waals surface area contributed by atoms with Crippen LogP contribution in [0.15, 0.2) is 24.3 Å². The van der Waals surface area contributed by atoms with Gasteiger partial charge in [-0.25, -0.2) is 0 Å². The average molecular weight is 262 g/mol. The summed E-state index contributed by atoms with van der Waals surface area (Å²) < 4.78 is 0. The van der Waals surface area contributed by atoms with E-state index in [1.54, 1.807) is 12.1 Å². The zero-order valence-corrected chi connectivity index (χ0v) is 10.9. The Morgan fingerprint density at radius 1 is 1.37 bits per heavy atom. The van der Waals surface area contributed by atoms with Gasteiger partial charge in [0.05, 0.1) is 5.92 Å². The summed E-state index contributed by atoms with van der Waals surface area (Å²) in [7, 11) is 0. The second-order valence-corrected chi connectivity index (χ2v) is 5.14. The second kappa shape index (κ2) is 5.40. The number of nitrogens with two attached hydrogens (primary N) is 1. The number of carboxylic acids is 1. The van der Waals surface area contributed by atoms with Crippen LogP contribution in [0.1, 0.15) is 22.8 Å². The molecule has 19 heavy (non-hydrogen) atoms. The molecule has 0 aromatic heterocycles. The number of rotatable bonds is 4. The lowest BCUT2D eigenvalue weighted by Gasteiger charge is -2.16. The first-order valence-corrected chi connectivity index (χ1v) is 6.32. The van der Waals surface area contributed by atoms with E-state index < -0.39 is 11.9 Å². The van der Waals surface area contributed by atoms with Crippen molar-refractivity contribution in [2.75, 3.05) is 13.1 Å². The third kappa shape index (κ3) is 2.93. The number of aliphatic carboxylic acids is 1. The number of carboxylic acid groups (broad SMARTS) is 1. The number of amides is 1. The molecule has 0 bridgehead atoms. The maximum atomic E-state index is 11.3. The molecule has 1 heterocycles. The van der Waals surface area contributed by atoms with E-state index in [4.69, 9.17) is 10.8 Å². The van der Waals surface area contributed by atoms with Crippen molar-refractivity contribution < 1.29 is 14.7 Å². The Morgan fingerprint density at radius 2 is 2.05 bits per heavy atom. The SMILES string of the molecule is CC1CN(Cc2ccccc2C(N)=O)CC1C(=O)O. The highest BCUT2D eigenvalue weighted by Crippen LogP contribution is 2.25. The van der Waals surface area contributed by atoms with Crippen LogP contribution < -0.4 is 5.73 Å². The number of nitrogens with zero attached hydrogens (tertiary/aromatic N) is 1. The molecule has 1 fully saturated rings. The molecule has 5 heteroatoms. The number of carbonyl (C=O) groups is 2. The number of likely N-dealkylation sites (tertiary alicyclic amines) is 1. The van der Waals surface area contributed by atoms with Crippen LogP contribution >= 0.6 is 0 Å². The summed E-state index contributed by atoms with van der Waals surface area (Å²) in [6.45, 7) is 3.75. The third-order valence-corrected chi connectivity index (χ3v) is 3.68. The second-order valence-electron chi connectivity index (χ2n) is 5.14. The van der Waals surface area contributed by atoms with Crippen molar-refractivity contribution in [1.29, 1.82) is 0 Å². The van der Waals surface area contributed by atoms with E-state index in [2.05, 4.69) is 4.90 Å². The lowest BCUT2D eigenvalue weighted by atomic mass is 9.99. The minimum atomic E-state index is -0.752. The summed E-state index contributed by atoms with van der Waals surface area (Å²) in [5, 5.41) is 9.11. The first-order chi connectivity index (χ1) is 8.99. The highest BCUT2D eigenvalue weighted by molar-refractivity contribution is 5.94. The molecule has 102 valence electrons. The Morgan fingerprint density at radius 3 is 2.63 bits per heavy atom. The van der Waals surface area contributed by atoms with Crippen molar-refractivity contribution in [2.24, 2.45) is 17.6 Å². The van der Waals surface area contributed by atoms with Gasteiger partial charge in [-0.1, -0.05) is 25.1 Å². The van der Waals surface area contributed by atoms with Crippen molar-refractivity contribution in [3.63, 3.8) is 0 Å². The minimum Gasteiger partial charge on any atom is -0.481 e. The largest absolute Gasteiger partial charge is 0.481 e. The molecule has 0 spiro atoms. The molecule has 0 aliphatic carbocycles. The van der Waals surface area contributed by atoms with Crippen LogP contribution in [0.4, 0.5) is 0 Å². The molecule has 1 saturated heterocycles. The quantitative estimate of drug-likeness (QED) is 0.845. The van der Waals surface area contributed by atoms with E-state index in [0.29, 0.717) is 18.7 Å². The van der Waals surface area contributed by atoms with E-state index in [-0.39, 0.29) is 11.8 Å². The van der Waals surface area contributed by atoms with E-state index in [1.807, 2.05) is 19.1 Å². The fourth-order valence-corrected chi connectivity index (χ4v) is 2.66. The summed E-state index contributed by atoms with van der Waals surface area (Å²) in [6, 6.07) is 7.19. The molecule has 2 unspecified atom stereocenters. The van der Waals surface area contributed by atoms with Crippen LogP contribution in [-0.2, 0) is 11.3 Å². The number of primary amides is 1. The zero-order chi connectivity index (χ0) is 14.0. The Bertz CT molecular complexity index is 501. The summed E-state index contributed by atoms with van der Waals surface area (Å²) >= 11 is 0. The molecule has 1 aliphatic rings. The fraction of sp³-hybridized carbons (Fsp3) is 0.429. The maximum absolute atomic E-state index is 11.3. The van der Waals surface area contributed by atoms with Gasteiger partial charge in [0.1, 0.15) is 0 Å². The van der Waals surface area contributed by atoms with Crippen LogP contribution in [0, 0.1) is 11.8 Å². The Kier molecular flexibility index (Phi) is 3.85. The summed E-state index contributed by atoms with van der Waals surface area (Å²) in [6.07, 6.45) is 0. The van der Waals surface area contributed by atoms with Crippen molar-refractivity contribution >= 4 is 11.9 Å². The van der Waals surface area contributed by atoms with Gasteiger partial charge in [-0.15, -0.1) is 0 Å². The van der Waals surface area contributed by atoms with Gasteiger partial charge in [0.2, 0.25) is 5.91 Å². The first kappa shape index (κ1) is 13.5. The molecule has 2 rings (SSSR count). The predicted molar refractivity (Wildman–Crippen MR) is 70.5 cm³/mol. The molecule has 0 radical (unpaired) electrons. The number of hydrogen-bond donors (Lipinski definition) is 2. The molecule has 1 amide bonds. The molecule has 1 aromatic carbocycles. The standard InChI is InChI=1S/C14H18N2O3/c1-9-6-16(8-12(9)14(18)19)7-10-4-2-3-5-11(10)13(15)17/h2-5,9,12H,6-8H2,1H3,(H2,15,17)(H,18,19). The highest BCUT2D eigenvalue weighted by atomic mass is 16.4. The van der Waals surface area contributed by atoms with E-state index >= 15 is 0 Å². The summed E-state index contributed by atoms with van der Waals surface area (Å²) in [5.41, 5.74) is 6.70. The lowest BCUT2D eigenvalue weighted by Crippen LogP contribution is -2.24. The van der Waals surface area contributed by atoms with Gasteiger partial charge < -0.3 is 10.8 Å². The predicted octanol–water partition coefficient (Wildman–Crippen LogP) is 0.938. The normalized spacial score (nSPS) is 23.4. The minimum absolute atomic E-state index is 0.123. The zero-order valence-electron chi connectivity index (χ0n) is 10.9. The molecule has 1 aliphatic heterocycles. The van der Waals surface area contributed by atoms with Gasteiger partial charge in [-0.3, -0.25) is 14.5 Å². The smallest absolute Gasteiger partial charge is 0.308 e. The van der Waals surface area contributed by atoms with E-state index in [0.717, 1.165) is 12.1 Å². The molecule has 1 aromatic rings. The summed E-state index contributed by atoms with van der Waals surface area (Å²) in [5.74, 6) is -1.41. The fourth-order valence-electron chi connectivity index (χ4n) is 2.66. The van der Waals surface area contributed by atoms with Crippen molar-refractivity contribution in [2.45, 2.75) is 13.5 Å². The van der Waals surface area contributed by atoms with Crippen LogP contribution in [0.25, 0.3) is 0 Å². The van der Waals surface area contributed by atoms with Crippen LogP contribution in [0.5, 0.6) is 0 Å². The highest BCUT2D eigenvalue weighted by Gasteiger charge is 2.34. The van der Waals surface area contributed by atoms with Crippen molar-refractivity contribution in [3.05, 3.63) is 35.4 Å². The molecule has 5 nitrogen and oxygen atoms in total. The Labute approximate surface area is 112 Å². The van der Waals surface area contributed by atoms with Crippen LogP contribution in [0.2, 0.25) is 0 Å². The van der Waals surface area contributed by atoms with Gasteiger partial charge >= 0.3 is 5.97 Å². The Balaban J connectivity index is 2.11. The first-order valence-electron chi connectivity index (χ1n) is 6.32. The molecular formula is C14H18N2O3. The monoisotopic (exact) mass is 262 g/mol. The van der Waals surface area contributed by atoms with Crippen LogP contribution in [0.3, 0.4) is 0 Å². The topological polar surface area (TPSA) is 83.6 Å². The molecular weight excluding hydrogens is 244 g/mol. The average Bonchev–Trinajstić information content (AvgIpc) is 2.71. The molecule has 0 saturated carbocycles. The molecule has 3 N–H and O–H groups in total. The van der Waals surface area contributed by atoms with Crippen molar-refractivity contribution in [3.8, 4) is 0 Å².